The monoisotopic (exact) mass is 388 g/mol. The van der Waals surface area contributed by atoms with Crippen LogP contribution >= 0.6 is 15.9 Å². The summed E-state index contributed by atoms with van der Waals surface area (Å²) in [6.07, 6.45) is 2.94. The van der Waals surface area contributed by atoms with E-state index >= 15 is 0 Å². The van der Waals surface area contributed by atoms with Crippen molar-refractivity contribution < 1.29 is 14.7 Å². The fourth-order valence-electron chi connectivity index (χ4n) is 2.04. The summed E-state index contributed by atoms with van der Waals surface area (Å²) in [4.78, 5) is 22.0. The van der Waals surface area contributed by atoms with Crippen LogP contribution in [0.5, 0.6) is 0 Å². The predicted octanol–water partition coefficient (Wildman–Crippen LogP) is 2.18. The number of amides is 1. The topological polar surface area (TPSA) is 122 Å². The van der Waals surface area contributed by atoms with Crippen molar-refractivity contribution in [3.05, 3.63) is 46.1 Å². The number of carbonyl (C=O) groups excluding carboxylic acids is 1. The van der Waals surface area contributed by atoms with E-state index in [1.807, 2.05) is 24.3 Å². The van der Waals surface area contributed by atoms with Crippen molar-refractivity contribution in [1.82, 2.24) is 9.78 Å². The van der Waals surface area contributed by atoms with E-state index in [4.69, 9.17) is 16.1 Å². The molecule has 0 spiro atoms. The Morgan fingerprint density at radius 1 is 1.46 bits per heavy atom. The molecule has 2 rings (SSSR count). The lowest BCUT2D eigenvalue weighted by atomic mass is 10.1. The van der Waals surface area contributed by atoms with Gasteiger partial charge in [-0.2, -0.15) is 10.4 Å². The van der Waals surface area contributed by atoms with Crippen LogP contribution in [0.25, 0.3) is 17.3 Å². The third kappa shape index (κ3) is 4.30. The predicted molar refractivity (Wildman–Crippen MR) is 90.4 cm³/mol. The van der Waals surface area contributed by atoms with E-state index in [1.54, 1.807) is 12.3 Å². The van der Waals surface area contributed by atoms with Gasteiger partial charge in [0.2, 0.25) is 5.91 Å². The molecular weight excluding hydrogens is 376 g/mol. The van der Waals surface area contributed by atoms with Gasteiger partial charge < -0.3 is 10.8 Å². The van der Waals surface area contributed by atoms with E-state index in [0.29, 0.717) is 11.3 Å². The number of rotatable bonds is 6. The lowest BCUT2D eigenvalue weighted by Gasteiger charge is -2.00. The molecule has 0 saturated carbocycles. The fraction of sp³-hybridized carbons (Fsp3) is 0.125. The maximum Gasteiger partial charge on any atom is 0.346 e. The highest BCUT2D eigenvalue weighted by molar-refractivity contribution is 9.10. The summed E-state index contributed by atoms with van der Waals surface area (Å²) in [6.45, 7) is 0.263. The maximum atomic E-state index is 11.1. The Morgan fingerprint density at radius 3 is 2.79 bits per heavy atom. The highest BCUT2D eigenvalue weighted by Crippen LogP contribution is 2.26. The van der Waals surface area contributed by atoms with Crippen LogP contribution in [0.2, 0.25) is 0 Å². The lowest BCUT2D eigenvalue weighted by molar-refractivity contribution is -0.132. The van der Waals surface area contributed by atoms with Gasteiger partial charge in [-0.1, -0.05) is 28.1 Å². The number of aliphatic carboxylic acids is 1. The van der Waals surface area contributed by atoms with E-state index < -0.39 is 17.4 Å². The van der Waals surface area contributed by atoms with Crippen molar-refractivity contribution in [1.29, 1.82) is 5.26 Å². The molecule has 1 heterocycles. The van der Waals surface area contributed by atoms with Gasteiger partial charge in [0.15, 0.2) is 0 Å². The number of benzene rings is 1. The number of carbonyl (C=O) groups is 2. The first kappa shape index (κ1) is 17.4. The van der Waals surface area contributed by atoms with Crippen molar-refractivity contribution in [2.24, 2.45) is 5.73 Å². The van der Waals surface area contributed by atoms with E-state index in [1.165, 1.54) is 10.8 Å². The van der Waals surface area contributed by atoms with Crippen LogP contribution in [0, 0.1) is 11.3 Å². The van der Waals surface area contributed by atoms with Crippen molar-refractivity contribution in [2.75, 3.05) is 0 Å². The zero-order chi connectivity index (χ0) is 17.7. The van der Waals surface area contributed by atoms with E-state index in [2.05, 4.69) is 21.0 Å². The molecule has 0 fully saturated rings. The van der Waals surface area contributed by atoms with E-state index in [0.717, 1.165) is 10.0 Å². The first-order valence-corrected chi connectivity index (χ1v) is 7.67. The molecule has 0 aliphatic heterocycles. The van der Waals surface area contributed by atoms with Gasteiger partial charge in [0.25, 0.3) is 0 Å². The SMILES string of the molecule is N#CC(=Cc1cn(CCC(N)=O)nc1-c1cccc(Br)c1)C(=O)O. The number of hydrogen-bond donors (Lipinski definition) is 2. The van der Waals surface area contributed by atoms with Gasteiger partial charge in [-0.25, -0.2) is 4.79 Å². The molecule has 0 radical (unpaired) electrons. The molecule has 122 valence electrons. The minimum Gasteiger partial charge on any atom is -0.477 e. The second-order valence-corrected chi connectivity index (χ2v) is 5.81. The number of nitrogens with zero attached hydrogens (tertiary/aromatic N) is 3. The average Bonchev–Trinajstić information content (AvgIpc) is 2.93. The second kappa shape index (κ2) is 7.57. The number of aryl methyl sites for hydroxylation is 1. The Morgan fingerprint density at radius 2 is 2.21 bits per heavy atom. The molecule has 8 heteroatoms. The molecule has 2 aromatic rings. The number of carboxylic acids is 1. The standard InChI is InChI=1S/C16H13BrN4O3/c17-13-3-1-2-10(7-13)15-12(6-11(8-18)16(23)24)9-21(20-15)5-4-14(19)22/h1-3,6-7,9H,4-5H2,(H2,19,22)(H,23,24). The van der Waals surface area contributed by atoms with Crippen molar-refractivity contribution in [2.45, 2.75) is 13.0 Å². The smallest absolute Gasteiger partial charge is 0.346 e. The molecule has 1 aromatic heterocycles. The van der Waals surface area contributed by atoms with Crippen molar-refractivity contribution >= 4 is 33.9 Å². The quantitative estimate of drug-likeness (QED) is 0.579. The first-order chi connectivity index (χ1) is 11.4. The third-order valence-electron chi connectivity index (χ3n) is 3.13. The number of nitrogens with two attached hydrogens (primary N) is 1. The van der Waals surface area contributed by atoms with Gasteiger partial charge in [0.05, 0.1) is 5.69 Å². The van der Waals surface area contributed by atoms with Crippen molar-refractivity contribution in [3.8, 4) is 17.3 Å². The van der Waals surface area contributed by atoms with E-state index in [-0.39, 0.29) is 13.0 Å². The van der Waals surface area contributed by atoms with Gasteiger partial charge in [-0.3, -0.25) is 9.48 Å². The zero-order valence-electron chi connectivity index (χ0n) is 12.4. The minimum atomic E-state index is -1.32. The molecular formula is C16H13BrN4O3. The van der Waals surface area contributed by atoms with Gasteiger partial charge >= 0.3 is 5.97 Å². The Bertz CT molecular complexity index is 864. The molecule has 0 saturated heterocycles. The molecule has 24 heavy (non-hydrogen) atoms. The molecule has 0 aliphatic carbocycles. The van der Waals surface area contributed by atoms with Gasteiger partial charge in [-0.05, 0) is 18.2 Å². The number of primary amides is 1. The number of carboxylic acid groups (broad SMARTS) is 1. The van der Waals surface area contributed by atoms with Crippen LogP contribution < -0.4 is 5.73 Å². The molecule has 1 amide bonds. The molecule has 0 atom stereocenters. The molecule has 0 bridgehead atoms. The normalized spacial score (nSPS) is 11.1. The summed E-state index contributed by atoms with van der Waals surface area (Å²) in [5, 5.41) is 22.4. The summed E-state index contributed by atoms with van der Waals surface area (Å²) in [7, 11) is 0. The Kier molecular flexibility index (Phi) is 5.50. The largest absolute Gasteiger partial charge is 0.477 e. The van der Waals surface area contributed by atoms with Gasteiger partial charge in [-0.15, -0.1) is 0 Å². The Balaban J connectivity index is 2.52. The van der Waals surface area contributed by atoms with Crippen molar-refractivity contribution in [3.63, 3.8) is 0 Å². The van der Waals surface area contributed by atoms with Gasteiger partial charge in [0, 0.05) is 34.8 Å². The molecule has 0 unspecified atom stereocenters. The molecule has 0 aliphatic rings. The second-order valence-electron chi connectivity index (χ2n) is 4.90. The van der Waals surface area contributed by atoms with Crippen LogP contribution in [0.4, 0.5) is 0 Å². The fourth-order valence-corrected chi connectivity index (χ4v) is 2.44. The van der Waals surface area contributed by atoms with Gasteiger partial charge in [0.1, 0.15) is 11.6 Å². The highest BCUT2D eigenvalue weighted by Gasteiger charge is 2.14. The maximum absolute atomic E-state index is 11.1. The Hall–Kier alpha value is -2.92. The average molecular weight is 389 g/mol. The number of hydrogen-bond acceptors (Lipinski definition) is 4. The summed E-state index contributed by atoms with van der Waals surface area (Å²) in [5.74, 6) is -1.78. The molecule has 3 N–H and O–H groups in total. The summed E-state index contributed by atoms with van der Waals surface area (Å²) in [6, 6.07) is 8.95. The number of aromatic nitrogens is 2. The molecule has 1 aromatic carbocycles. The van der Waals surface area contributed by atoms with Crippen LogP contribution in [0.15, 0.2) is 40.5 Å². The minimum absolute atomic E-state index is 0.104. The summed E-state index contributed by atoms with van der Waals surface area (Å²) in [5.41, 5.74) is 6.46. The van der Waals surface area contributed by atoms with Crippen LogP contribution in [0.1, 0.15) is 12.0 Å². The number of nitriles is 1. The summed E-state index contributed by atoms with van der Waals surface area (Å²) < 4.78 is 2.34. The lowest BCUT2D eigenvalue weighted by Crippen LogP contribution is -2.14. The first-order valence-electron chi connectivity index (χ1n) is 6.87. The highest BCUT2D eigenvalue weighted by atomic mass is 79.9. The molecule has 7 nitrogen and oxygen atoms in total. The summed E-state index contributed by atoms with van der Waals surface area (Å²) >= 11 is 3.37. The van der Waals surface area contributed by atoms with E-state index in [9.17, 15) is 9.59 Å². The van der Waals surface area contributed by atoms with Crippen LogP contribution in [-0.2, 0) is 16.1 Å². The zero-order valence-corrected chi connectivity index (χ0v) is 14.0. The number of halogens is 1. The Labute approximate surface area is 146 Å². The third-order valence-corrected chi connectivity index (χ3v) is 3.62. The van der Waals surface area contributed by atoms with Crippen LogP contribution in [0.3, 0.4) is 0 Å². The van der Waals surface area contributed by atoms with Crippen LogP contribution in [-0.4, -0.2) is 26.8 Å².